The number of benzene rings is 2. The molecular formula is C28H32N2O6. The first-order valence-electron chi connectivity index (χ1n) is 12.6. The molecule has 0 bridgehead atoms. The number of carbonyl (C=O) groups excluding carboxylic acids is 2. The van der Waals surface area contributed by atoms with Crippen molar-refractivity contribution in [1.82, 2.24) is 10.6 Å². The van der Waals surface area contributed by atoms with Crippen LogP contribution in [0.25, 0.3) is 0 Å². The van der Waals surface area contributed by atoms with Crippen molar-refractivity contribution in [3.63, 3.8) is 0 Å². The van der Waals surface area contributed by atoms with Gasteiger partial charge in [0.05, 0.1) is 18.9 Å². The van der Waals surface area contributed by atoms with Gasteiger partial charge in [-0.05, 0) is 24.0 Å². The molecule has 0 spiro atoms. The Hall–Kier alpha value is -3.39. The first-order chi connectivity index (χ1) is 17.4. The molecule has 36 heavy (non-hydrogen) atoms. The van der Waals surface area contributed by atoms with Gasteiger partial charge in [0.15, 0.2) is 11.5 Å². The molecule has 5 rings (SSSR count). The fraction of sp³-hybridized carbons (Fsp3) is 0.464. The van der Waals surface area contributed by atoms with Crippen molar-refractivity contribution in [2.24, 2.45) is 17.8 Å². The number of fused-ring (bicyclic) bond motifs is 1. The van der Waals surface area contributed by atoms with Gasteiger partial charge in [-0.15, -0.1) is 0 Å². The van der Waals surface area contributed by atoms with Crippen LogP contribution in [0.2, 0.25) is 0 Å². The number of aliphatic carboxylic acids is 1. The second-order valence-corrected chi connectivity index (χ2v) is 10.1. The van der Waals surface area contributed by atoms with Gasteiger partial charge in [0.25, 0.3) is 0 Å². The Bertz CT molecular complexity index is 1150. The van der Waals surface area contributed by atoms with Gasteiger partial charge >= 0.3 is 5.97 Å². The number of imide groups is 1. The van der Waals surface area contributed by atoms with Crippen LogP contribution in [-0.2, 0) is 21.0 Å². The summed E-state index contributed by atoms with van der Waals surface area (Å²) >= 11 is 0. The van der Waals surface area contributed by atoms with Crippen LogP contribution < -0.4 is 20.1 Å². The summed E-state index contributed by atoms with van der Waals surface area (Å²) in [4.78, 5) is 39.0. The molecule has 2 saturated heterocycles. The highest BCUT2D eigenvalue weighted by Gasteiger charge is 2.67. The highest BCUT2D eigenvalue weighted by atomic mass is 16.5. The van der Waals surface area contributed by atoms with Gasteiger partial charge in [-0.25, -0.2) is 0 Å². The lowest BCUT2D eigenvalue weighted by Crippen LogP contribution is -2.56. The first-order valence-corrected chi connectivity index (χ1v) is 12.6. The van der Waals surface area contributed by atoms with Gasteiger partial charge in [0.2, 0.25) is 11.8 Å². The third kappa shape index (κ3) is 4.23. The zero-order chi connectivity index (χ0) is 25.3. The summed E-state index contributed by atoms with van der Waals surface area (Å²) in [6, 6.07) is 14.3. The molecular weight excluding hydrogens is 460 g/mol. The minimum atomic E-state index is -1.53. The third-order valence-electron chi connectivity index (χ3n) is 8.00. The number of carboxylic acids is 1. The lowest BCUT2D eigenvalue weighted by molar-refractivity contribution is -0.150. The number of nitrogens with one attached hydrogen (secondary N) is 2. The average molecular weight is 493 g/mol. The number of hydrogen-bond acceptors (Lipinski definition) is 6. The van der Waals surface area contributed by atoms with Crippen molar-refractivity contribution in [3.05, 3.63) is 59.7 Å². The molecule has 4 atom stereocenters. The van der Waals surface area contributed by atoms with Crippen LogP contribution in [0.4, 0.5) is 0 Å². The lowest BCUT2D eigenvalue weighted by Gasteiger charge is -2.35. The topological polar surface area (TPSA) is 114 Å². The normalized spacial score (nSPS) is 28.0. The van der Waals surface area contributed by atoms with E-state index < -0.39 is 41.2 Å². The molecule has 4 unspecified atom stereocenters. The molecule has 0 aromatic heterocycles. The van der Waals surface area contributed by atoms with Crippen LogP contribution in [0.1, 0.15) is 55.7 Å². The fourth-order valence-electron chi connectivity index (χ4n) is 6.34. The van der Waals surface area contributed by atoms with Gasteiger partial charge in [-0.1, -0.05) is 74.6 Å². The second kappa shape index (κ2) is 9.93. The Morgan fingerprint density at radius 3 is 2.47 bits per heavy atom. The molecule has 2 aromatic rings. The molecule has 3 N–H and O–H groups in total. The highest BCUT2D eigenvalue weighted by molar-refractivity contribution is 6.09. The van der Waals surface area contributed by atoms with Crippen molar-refractivity contribution in [1.29, 1.82) is 0 Å². The van der Waals surface area contributed by atoms with E-state index in [0.29, 0.717) is 23.5 Å². The van der Waals surface area contributed by atoms with Crippen molar-refractivity contribution in [3.8, 4) is 11.5 Å². The third-order valence-corrected chi connectivity index (χ3v) is 8.00. The van der Waals surface area contributed by atoms with Crippen LogP contribution in [0.3, 0.4) is 0 Å². The van der Waals surface area contributed by atoms with Gasteiger partial charge in [0, 0.05) is 11.6 Å². The van der Waals surface area contributed by atoms with Crippen LogP contribution in [0, 0.1) is 17.8 Å². The van der Waals surface area contributed by atoms with Crippen molar-refractivity contribution >= 4 is 17.8 Å². The van der Waals surface area contributed by atoms with Gasteiger partial charge in [0.1, 0.15) is 12.1 Å². The number of carbonyl (C=O) groups is 3. The minimum absolute atomic E-state index is 0.185. The molecule has 190 valence electrons. The van der Waals surface area contributed by atoms with E-state index in [1.54, 1.807) is 12.1 Å². The first kappa shape index (κ1) is 24.3. The summed E-state index contributed by atoms with van der Waals surface area (Å²) < 4.78 is 11.8. The van der Waals surface area contributed by atoms with Gasteiger partial charge in [-0.3, -0.25) is 25.0 Å². The predicted octanol–water partition coefficient (Wildman–Crippen LogP) is 3.60. The quantitative estimate of drug-likeness (QED) is 0.483. The summed E-state index contributed by atoms with van der Waals surface area (Å²) in [5.74, 6) is -2.82. The molecule has 8 heteroatoms. The molecule has 2 heterocycles. The van der Waals surface area contributed by atoms with Crippen LogP contribution in [-0.4, -0.2) is 35.5 Å². The number of para-hydroxylation sites is 1. The SMILES string of the molecule is COc1cccc(C2NC(CC3CCCCC3)(C(=O)O)C3C(=O)NC(=O)C23)c1OCc1ccccc1. The van der Waals surface area contributed by atoms with E-state index in [1.165, 1.54) is 7.11 Å². The molecule has 0 radical (unpaired) electrons. The van der Waals surface area contributed by atoms with Gasteiger partial charge in [-0.2, -0.15) is 0 Å². The average Bonchev–Trinajstić information content (AvgIpc) is 3.40. The molecule has 3 fully saturated rings. The lowest BCUT2D eigenvalue weighted by atomic mass is 9.72. The second-order valence-electron chi connectivity index (χ2n) is 10.1. The Labute approximate surface area is 210 Å². The van der Waals surface area contributed by atoms with Crippen LogP contribution in [0.5, 0.6) is 11.5 Å². The molecule has 2 aliphatic heterocycles. The number of rotatable bonds is 8. The summed E-state index contributed by atoms with van der Waals surface area (Å²) in [5, 5.41) is 16.2. The summed E-state index contributed by atoms with van der Waals surface area (Å²) in [6.45, 7) is 0.270. The van der Waals surface area contributed by atoms with E-state index >= 15 is 0 Å². The number of carboxylic acid groups (broad SMARTS) is 1. The highest BCUT2D eigenvalue weighted by Crippen LogP contribution is 2.52. The molecule has 1 saturated carbocycles. The van der Waals surface area contributed by atoms with E-state index in [0.717, 1.165) is 37.7 Å². The zero-order valence-corrected chi connectivity index (χ0v) is 20.4. The van der Waals surface area contributed by atoms with Crippen molar-refractivity contribution in [2.75, 3.05) is 7.11 Å². The maximum atomic E-state index is 13.1. The van der Waals surface area contributed by atoms with Crippen LogP contribution >= 0.6 is 0 Å². The van der Waals surface area contributed by atoms with E-state index in [4.69, 9.17) is 9.47 Å². The van der Waals surface area contributed by atoms with E-state index in [2.05, 4.69) is 10.6 Å². The standard InChI is InChI=1S/C28H32N2O6/c1-35-20-14-8-13-19(24(20)36-16-18-11-6-3-7-12-18)23-21-22(26(32)29-25(21)31)28(30-23,27(33)34)15-17-9-4-2-5-10-17/h3,6-8,11-14,17,21-23,30H,2,4-5,9-10,15-16H2,1H3,(H,33,34)(H,29,31,32). The Balaban J connectivity index is 1.54. The number of hydrogen-bond donors (Lipinski definition) is 3. The number of amides is 2. The smallest absolute Gasteiger partial charge is 0.324 e. The molecule has 1 aliphatic carbocycles. The van der Waals surface area contributed by atoms with Crippen molar-refractivity contribution in [2.45, 2.75) is 56.7 Å². The monoisotopic (exact) mass is 492 g/mol. The zero-order valence-electron chi connectivity index (χ0n) is 20.4. The van der Waals surface area contributed by atoms with Gasteiger partial charge < -0.3 is 14.6 Å². The van der Waals surface area contributed by atoms with E-state index in [1.807, 2.05) is 36.4 Å². The molecule has 2 amide bonds. The predicted molar refractivity (Wildman–Crippen MR) is 131 cm³/mol. The summed E-state index contributed by atoms with van der Waals surface area (Å²) in [7, 11) is 1.54. The Morgan fingerprint density at radius 1 is 1.03 bits per heavy atom. The molecule has 2 aromatic carbocycles. The largest absolute Gasteiger partial charge is 0.493 e. The van der Waals surface area contributed by atoms with Crippen LogP contribution in [0.15, 0.2) is 48.5 Å². The maximum absolute atomic E-state index is 13.1. The van der Waals surface area contributed by atoms with E-state index in [9.17, 15) is 19.5 Å². The number of ether oxygens (including phenoxy) is 2. The van der Waals surface area contributed by atoms with Crippen molar-refractivity contribution < 1.29 is 29.0 Å². The fourth-order valence-corrected chi connectivity index (χ4v) is 6.34. The summed E-state index contributed by atoms with van der Waals surface area (Å²) in [5.41, 5.74) is 0.0300. The minimum Gasteiger partial charge on any atom is -0.493 e. The van der Waals surface area contributed by atoms with E-state index in [-0.39, 0.29) is 12.5 Å². The Kier molecular flexibility index (Phi) is 6.71. The maximum Gasteiger partial charge on any atom is 0.324 e. The summed E-state index contributed by atoms with van der Waals surface area (Å²) in [6.07, 6.45) is 5.42. The number of methoxy groups -OCH3 is 1. The molecule has 8 nitrogen and oxygen atoms in total. The molecule has 3 aliphatic rings. The Morgan fingerprint density at radius 2 is 1.78 bits per heavy atom.